The highest BCUT2D eigenvalue weighted by atomic mass is 16.6. The van der Waals surface area contributed by atoms with E-state index in [1.54, 1.807) is 6.92 Å². The minimum Gasteiger partial charge on any atom is -0.339 e. The van der Waals surface area contributed by atoms with Crippen LogP contribution in [-0.2, 0) is 0 Å². The van der Waals surface area contributed by atoms with Crippen LogP contribution in [0, 0.1) is 17.0 Å². The Morgan fingerprint density at radius 2 is 2.00 bits per heavy atom. The highest BCUT2D eigenvalue weighted by molar-refractivity contribution is 6.28. The number of hydrogen-bond donors (Lipinski definition) is 1. The number of fused-ring (bicyclic) bond motifs is 2. The van der Waals surface area contributed by atoms with Crippen molar-refractivity contribution in [3.05, 3.63) is 56.7 Å². The lowest BCUT2D eigenvalue weighted by atomic mass is 9.89. The second-order valence-electron chi connectivity index (χ2n) is 4.16. The van der Waals surface area contributed by atoms with E-state index in [1.807, 2.05) is 0 Å². The van der Waals surface area contributed by atoms with Crippen molar-refractivity contribution in [1.82, 2.24) is 9.97 Å². The van der Waals surface area contributed by atoms with Crippen molar-refractivity contribution in [1.29, 1.82) is 0 Å². The number of nitro groups is 1. The number of aromatic amines is 1. The lowest BCUT2D eigenvalue weighted by Gasteiger charge is -2.12. The molecular formula is C12H7N3O4. The Morgan fingerprint density at radius 3 is 2.68 bits per heavy atom. The summed E-state index contributed by atoms with van der Waals surface area (Å²) in [5.41, 5.74) is -0.478. The van der Waals surface area contributed by atoms with Gasteiger partial charge < -0.3 is 4.98 Å². The zero-order valence-corrected chi connectivity index (χ0v) is 9.76. The molecule has 1 aromatic carbocycles. The van der Waals surface area contributed by atoms with Crippen molar-refractivity contribution in [3.63, 3.8) is 0 Å². The molecule has 0 saturated carbocycles. The molecule has 1 aliphatic carbocycles. The Bertz CT molecular complexity index is 760. The van der Waals surface area contributed by atoms with Gasteiger partial charge in [0.15, 0.2) is 0 Å². The van der Waals surface area contributed by atoms with Crippen LogP contribution in [0.25, 0.3) is 0 Å². The summed E-state index contributed by atoms with van der Waals surface area (Å²) >= 11 is 0. The first-order valence-corrected chi connectivity index (χ1v) is 5.44. The number of benzene rings is 1. The first-order chi connectivity index (χ1) is 9.00. The number of aromatic nitrogens is 2. The van der Waals surface area contributed by atoms with Gasteiger partial charge in [0.25, 0.3) is 5.69 Å². The van der Waals surface area contributed by atoms with Crippen LogP contribution >= 0.6 is 0 Å². The third-order valence-corrected chi connectivity index (χ3v) is 2.98. The van der Waals surface area contributed by atoms with Crippen LogP contribution in [0.15, 0.2) is 18.2 Å². The number of ketones is 2. The topological polar surface area (TPSA) is 106 Å². The fourth-order valence-corrected chi connectivity index (χ4v) is 2.19. The molecule has 0 fully saturated rings. The molecule has 19 heavy (non-hydrogen) atoms. The second-order valence-corrected chi connectivity index (χ2v) is 4.16. The summed E-state index contributed by atoms with van der Waals surface area (Å²) in [7, 11) is 0. The van der Waals surface area contributed by atoms with Gasteiger partial charge >= 0.3 is 0 Å². The van der Waals surface area contributed by atoms with E-state index < -0.39 is 16.5 Å². The molecule has 0 radical (unpaired) electrons. The standard InChI is InChI=1S/C12H7N3O4/c1-5-13-9-10(14-5)12(17)8-6(11(9)16)3-2-4-7(8)15(18)19/h2-4H,1H3,(H,13,14). The van der Waals surface area contributed by atoms with E-state index in [9.17, 15) is 19.7 Å². The predicted octanol–water partition coefficient (Wildman–Crippen LogP) is 1.40. The SMILES string of the molecule is Cc1nc2c([nH]1)C(=O)c1cccc([N+](=O)[O-])c1C2=O. The van der Waals surface area contributed by atoms with Crippen molar-refractivity contribution in [2.75, 3.05) is 0 Å². The van der Waals surface area contributed by atoms with Crippen LogP contribution in [0.5, 0.6) is 0 Å². The molecule has 0 amide bonds. The number of rotatable bonds is 1. The predicted molar refractivity (Wildman–Crippen MR) is 63.3 cm³/mol. The zero-order valence-electron chi connectivity index (χ0n) is 9.76. The number of nitrogens with one attached hydrogen (secondary N) is 1. The molecule has 0 spiro atoms. The van der Waals surface area contributed by atoms with Crippen LogP contribution in [0.4, 0.5) is 5.69 Å². The smallest absolute Gasteiger partial charge is 0.281 e. The van der Waals surface area contributed by atoms with Gasteiger partial charge in [-0.1, -0.05) is 6.07 Å². The lowest BCUT2D eigenvalue weighted by molar-refractivity contribution is -0.385. The van der Waals surface area contributed by atoms with Gasteiger partial charge in [-0.15, -0.1) is 0 Å². The van der Waals surface area contributed by atoms with E-state index in [4.69, 9.17) is 0 Å². The van der Waals surface area contributed by atoms with E-state index in [1.165, 1.54) is 18.2 Å². The fourth-order valence-electron chi connectivity index (χ4n) is 2.19. The van der Waals surface area contributed by atoms with Crippen molar-refractivity contribution >= 4 is 17.3 Å². The summed E-state index contributed by atoms with van der Waals surface area (Å²) < 4.78 is 0. The summed E-state index contributed by atoms with van der Waals surface area (Å²) in [5.74, 6) is -0.627. The van der Waals surface area contributed by atoms with Gasteiger partial charge in [0.2, 0.25) is 11.6 Å². The molecule has 2 aromatic rings. The van der Waals surface area contributed by atoms with E-state index in [-0.39, 0.29) is 28.2 Å². The molecular weight excluding hydrogens is 250 g/mol. The molecule has 0 aliphatic heterocycles. The van der Waals surface area contributed by atoms with Crippen molar-refractivity contribution in [2.45, 2.75) is 6.92 Å². The lowest BCUT2D eigenvalue weighted by Crippen LogP contribution is -2.22. The Morgan fingerprint density at radius 1 is 1.26 bits per heavy atom. The molecule has 0 saturated heterocycles. The van der Waals surface area contributed by atoms with E-state index >= 15 is 0 Å². The van der Waals surface area contributed by atoms with E-state index in [0.29, 0.717) is 5.82 Å². The number of carbonyl (C=O) groups excluding carboxylic acids is 2. The average Bonchev–Trinajstić information content (AvgIpc) is 2.77. The van der Waals surface area contributed by atoms with Crippen molar-refractivity contribution in [3.8, 4) is 0 Å². The van der Waals surface area contributed by atoms with Gasteiger partial charge in [0.1, 0.15) is 22.8 Å². The first kappa shape index (κ1) is 11.3. The molecule has 3 rings (SSSR count). The molecule has 7 nitrogen and oxygen atoms in total. The zero-order chi connectivity index (χ0) is 13.7. The van der Waals surface area contributed by atoms with Gasteiger partial charge in [0, 0.05) is 11.6 Å². The Kier molecular flexibility index (Phi) is 2.12. The van der Waals surface area contributed by atoms with E-state index in [0.717, 1.165) is 0 Å². The van der Waals surface area contributed by atoms with Crippen molar-refractivity contribution in [2.24, 2.45) is 0 Å². The second kappa shape index (κ2) is 3.58. The third-order valence-electron chi connectivity index (χ3n) is 2.98. The number of nitrogens with zero attached hydrogens (tertiary/aromatic N) is 2. The van der Waals surface area contributed by atoms with Crippen LogP contribution in [0.1, 0.15) is 37.9 Å². The Balaban J connectivity index is 2.35. The van der Waals surface area contributed by atoms with Crippen LogP contribution < -0.4 is 0 Å². The summed E-state index contributed by atoms with van der Waals surface area (Å²) in [6, 6.07) is 3.99. The minimum atomic E-state index is -0.672. The normalized spacial score (nSPS) is 13.1. The summed E-state index contributed by atoms with van der Waals surface area (Å²) in [6.45, 7) is 1.61. The molecule has 0 bridgehead atoms. The van der Waals surface area contributed by atoms with Gasteiger partial charge in [-0.05, 0) is 13.0 Å². The van der Waals surface area contributed by atoms with Crippen LogP contribution in [0.3, 0.4) is 0 Å². The molecule has 7 heteroatoms. The van der Waals surface area contributed by atoms with Gasteiger partial charge in [-0.2, -0.15) is 0 Å². The number of imidazole rings is 1. The number of nitro benzene ring substituents is 1. The highest BCUT2D eigenvalue weighted by Crippen LogP contribution is 2.31. The highest BCUT2D eigenvalue weighted by Gasteiger charge is 2.37. The quantitative estimate of drug-likeness (QED) is 0.523. The molecule has 1 N–H and O–H groups in total. The molecule has 0 unspecified atom stereocenters. The third kappa shape index (κ3) is 1.41. The first-order valence-electron chi connectivity index (χ1n) is 5.44. The van der Waals surface area contributed by atoms with Crippen LogP contribution in [0.2, 0.25) is 0 Å². The molecule has 1 aromatic heterocycles. The Hall–Kier alpha value is -2.83. The summed E-state index contributed by atoms with van der Waals surface area (Å²) in [4.78, 5) is 41.4. The van der Waals surface area contributed by atoms with Crippen molar-refractivity contribution < 1.29 is 14.5 Å². The minimum absolute atomic E-state index is 0.0374. The maximum absolute atomic E-state index is 12.3. The maximum Gasteiger partial charge on any atom is 0.281 e. The van der Waals surface area contributed by atoms with Gasteiger partial charge in [0.05, 0.1) is 4.92 Å². The number of carbonyl (C=O) groups is 2. The van der Waals surface area contributed by atoms with Gasteiger partial charge in [-0.3, -0.25) is 19.7 Å². The van der Waals surface area contributed by atoms with Crippen LogP contribution in [-0.4, -0.2) is 26.5 Å². The molecule has 1 heterocycles. The molecule has 1 aliphatic rings. The monoisotopic (exact) mass is 257 g/mol. The Labute approximate surface area is 106 Å². The number of aryl methyl sites for hydroxylation is 1. The average molecular weight is 257 g/mol. The fraction of sp³-hybridized carbons (Fsp3) is 0.0833. The maximum atomic E-state index is 12.3. The summed E-state index contributed by atoms with van der Waals surface area (Å²) in [5, 5.41) is 11.0. The number of hydrogen-bond acceptors (Lipinski definition) is 5. The van der Waals surface area contributed by atoms with E-state index in [2.05, 4.69) is 9.97 Å². The molecule has 94 valence electrons. The summed E-state index contributed by atoms with van der Waals surface area (Å²) in [6.07, 6.45) is 0. The number of H-pyrrole nitrogens is 1. The molecule has 0 atom stereocenters. The van der Waals surface area contributed by atoms with Gasteiger partial charge in [-0.25, -0.2) is 4.98 Å². The largest absolute Gasteiger partial charge is 0.339 e.